The molecule has 4 nitrogen and oxygen atoms in total. The summed E-state index contributed by atoms with van der Waals surface area (Å²) in [5.41, 5.74) is 0. The number of nitrogens with zero attached hydrogens (tertiary/aromatic N) is 1. The van der Waals surface area contributed by atoms with Crippen molar-refractivity contribution >= 4 is 23.6 Å². The smallest absolute Gasteiger partial charge is 0.225 e. The summed E-state index contributed by atoms with van der Waals surface area (Å²) >= 11 is 1.73. The molecule has 1 aromatic rings. The molecule has 1 N–H and O–H groups in total. The first kappa shape index (κ1) is 16.4. The Hall–Kier alpha value is -1.49. The lowest BCUT2D eigenvalue weighted by atomic mass is 10.1. The van der Waals surface area contributed by atoms with Gasteiger partial charge in [0.25, 0.3) is 0 Å². The molecule has 1 aromatic carbocycles. The van der Waals surface area contributed by atoms with Gasteiger partial charge in [-0.25, -0.2) is 0 Å². The molecule has 0 aromatic heterocycles. The number of hydrogen-bond donors (Lipinski definition) is 1. The summed E-state index contributed by atoms with van der Waals surface area (Å²) in [6.07, 6.45) is 5.01. The zero-order valence-electron chi connectivity index (χ0n) is 13.4. The fourth-order valence-electron chi connectivity index (χ4n) is 3.48. The van der Waals surface area contributed by atoms with E-state index in [1.165, 1.54) is 17.7 Å². The van der Waals surface area contributed by atoms with Crippen molar-refractivity contribution in [1.82, 2.24) is 10.2 Å². The normalized spacial score (nSPS) is 21.8. The monoisotopic (exact) mass is 332 g/mol. The van der Waals surface area contributed by atoms with Crippen LogP contribution in [-0.2, 0) is 9.59 Å². The van der Waals surface area contributed by atoms with Crippen molar-refractivity contribution in [1.29, 1.82) is 0 Å². The van der Waals surface area contributed by atoms with Crippen molar-refractivity contribution < 1.29 is 9.59 Å². The van der Waals surface area contributed by atoms with E-state index in [1.807, 2.05) is 23.1 Å². The van der Waals surface area contributed by atoms with Gasteiger partial charge in [-0.2, -0.15) is 0 Å². The Kier molecular flexibility index (Phi) is 5.60. The van der Waals surface area contributed by atoms with E-state index in [-0.39, 0.29) is 17.7 Å². The second-order valence-electron chi connectivity index (χ2n) is 6.34. The van der Waals surface area contributed by atoms with Gasteiger partial charge in [0.1, 0.15) is 0 Å². The van der Waals surface area contributed by atoms with Crippen LogP contribution < -0.4 is 5.32 Å². The average molecular weight is 332 g/mol. The third kappa shape index (κ3) is 4.28. The van der Waals surface area contributed by atoms with E-state index in [9.17, 15) is 9.59 Å². The van der Waals surface area contributed by atoms with Crippen molar-refractivity contribution in [3.63, 3.8) is 0 Å². The van der Waals surface area contributed by atoms with E-state index in [1.54, 1.807) is 11.8 Å². The molecule has 1 aliphatic carbocycles. The molecule has 23 heavy (non-hydrogen) atoms. The molecule has 1 saturated heterocycles. The van der Waals surface area contributed by atoms with Crippen LogP contribution in [0.4, 0.5) is 0 Å². The third-order valence-electron chi connectivity index (χ3n) is 4.71. The molecule has 124 valence electrons. The quantitative estimate of drug-likeness (QED) is 0.644. The Morgan fingerprint density at radius 1 is 1.22 bits per heavy atom. The highest BCUT2D eigenvalue weighted by Crippen LogP contribution is 2.29. The molecular weight excluding hydrogens is 308 g/mol. The molecule has 1 aliphatic heterocycles. The summed E-state index contributed by atoms with van der Waals surface area (Å²) < 4.78 is 0. The highest BCUT2D eigenvalue weighted by molar-refractivity contribution is 7.99. The van der Waals surface area contributed by atoms with E-state index in [0.717, 1.165) is 18.6 Å². The molecule has 2 fully saturated rings. The average Bonchev–Trinajstić information content (AvgIpc) is 3.21. The van der Waals surface area contributed by atoms with Crippen molar-refractivity contribution in [2.75, 3.05) is 18.8 Å². The van der Waals surface area contributed by atoms with Crippen LogP contribution in [0.15, 0.2) is 35.2 Å². The highest BCUT2D eigenvalue weighted by atomic mass is 32.2. The summed E-state index contributed by atoms with van der Waals surface area (Å²) in [6, 6.07) is 10.6. The third-order valence-corrected chi connectivity index (χ3v) is 5.72. The second-order valence-corrected chi connectivity index (χ2v) is 7.51. The zero-order valence-corrected chi connectivity index (χ0v) is 14.2. The number of nitrogens with one attached hydrogen (secondary N) is 1. The van der Waals surface area contributed by atoms with Crippen LogP contribution in [0.5, 0.6) is 0 Å². The van der Waals surface area contributed by atoms with E-state index in [2.05, 4.69) is 17.4 Å². The van der Waals surface area contributed by atoms with E-state index < -0.39 is 0 Å². The second kappa shape index (κ2) is 7.86. The molecule has 0 unspecified atom stereocenters. The summed E-state index contributed by atoms with van der Waals surface area (Å²) in [4.78, 5) is 27.6. The van der Waals surface area contributed by atoms with Crippen LogP contribution in [0.25, 0.3) is 0 Å². The van der Waals surface area contributed by atoms with Gasteiger partial charge < -0.3 is 10.2 Å². The van der Waals surface area contributed by atoms with Crippen LogP contribution in [0.1, 0.15) is 32.1 Å². The molecule has 3 rings (SSSR count). The summed E-state index contributed by atoms with van der Waals surface area (Å²) in [5.74, 6) is 0.885. The minimum absolute atomic E-state index is 0.0347. The number of carbonyl (C=O) groups is 2. The number of thioether (sulfide) groups is 1. The lowest BCUT2D eigenvalue weighted by Gasteiger charge is -2.23. The molecule has 0 bridgehead atoms. The van der Waals surface area contributed by atoms with Gasteiger partial charge in [0.05, 0.1) is 5.92 Å². The first-order valence-electron chi connectivity index (χ1n) is 8.49. The van der Waals surface area contributed by atoms with Gasteiger partial charge in [-0.05, 0) is 25.0 Å². The Morgan fingerprint density at radius 2 is 1.96 bits per heavy atom. The maximum absolute atomic E-state index is 12.3. The summed E-state index contributed by atoms with van der Waals surface area (Å²) in [5, 5.41) is 2.99. The van der Waals surface area contributed by atoms with Gasteiger partial charge in [0.2, 0.25) is 11.8 Å². The van der Waals surface area contributed by atoms with Crippen LogP contribution in [0, 0.1) is 5.92 Å². The van der Waals surface area contributed by atoms with Gasteiger partial charge in [0.15, 0.2) is 0 Å². The Labute approximate surface area is 142 Å². The van der Waals surface area contributed by atoms with Crippen LogP contribution >= 0.6 is 11.8 Å². The topological polar surface area (TPSA) is 49.4 Å². The standard InChI is InChI=1S/C18H24N2O2S/c21-17-12-14(13-20(17)15-6-4-5-7-15)18(22)19-10-11-23-16-8-2-1-3-9-16/h1-3,8-9,14-15H,4-7,10-13H2,(H,19,22)/t14-/m1/s1. The number of hydrogen-bond acceptors (Lipinski definition) is 3. The van der Waals surface area contributed by atoms with Gasteiger partial charge >= 0.3 is 0 Å². The van der Waals surface area contributed by atoms with Gasteiger partial charge in [0, 0.05) is 36.2 Å². The van der Waals surface area contributed by atoms with Gasteiger partial charge in [-0.3, -0.25) is 9.59 Å². The number of rotatable bonds is 6. The fraction of sp³-hybridized carbons (Fsp3) is 0.556. The maximum Gasteiger partial charge on any atom is 0.225 e. The Morgan fingerprint density at radius 3 is 2.70 bits per heavy atom. The molecular formula is C18H24N2O2S. The van der Waals surface area contributed by atoms with Crippen molar-refractivity contribution in [2.24, 2.45) is 5.92 Å². The first-order valence-corrected chi connectivity index (χ1v) is 9.47. The summed E-state index contributed by atoms with van der Waals surface area (Å²) in [7, 11) is 0. The molecule has 0 radical (unpaired) electrons. The van der Waals surface area contributed by atoms with Crippen LogP contribution in [-0.4, -0.2) is 41.6 Å². The summed E-state index contributed by atoms with van der Waals surface area (Å²) in [6.45, 7) is 1.26. The molecule has 5 heteroatoms. The molecule has 2 aliphatic rings. The molecule has 2 amide bonds. The van der Waals surface area contributed by atoms with Crippen LogP contribution in [0.2, 0.25) is 0 Å². The minimum atomic E-state index is -0.162. The molecule has 1 atom stereocenters. The number of amides is 2. The highest BCUT2D eigenvalue weighted by Gasteiger charge is 2.38. The maximum atomic E-state index is 12.3. The largest absolute Gasteiger partial charge is 0.355 e. The van der Waals surface area contributed by atoms with E-state index in [4.69, 9.17) is 0 Å². The lowest BCUT2D eigenvalue weighted by Crippen LogP contribution is -2.37. The number of likely N-dealkylation sites (tertiary alicyclic amines) is 1. The molecule has 1 saturated carbocycles. The van der Waals surface area contributed by atoms with Gasteiger partial charge in [-0.1, -0.05) is 31.0 Å². The Bertz CT molecular complexity index is 543. The van der Waals surface area contributed by atoms with Crippen LogP contribution in [0.3, 0.4) is 0 Å². The lowest BCUT2D eigenvalue weighted by molar-refractivity contribution is -0.130. The van der Waals surface area contributed by atoms with Crippen molar-refractivity contribution in [3.05, 3.63) is 30.3 Å². The predicted molar refractivity (Wildman–Crippen MR) is 92.3 cm³/mol. The number of carbonyl (C=O) groups excluding carboxylic acids is 2. The predicted octanol–water partition coefficient (Wildman–Crippen LogP) is 2.69. The Balaban J connectivity index is 1.39. The van der Waals surface area contributed by atoms with Crippen molar-refractivity contribution in [3.8, 4) is 0 Å². The van der Waals surface area contributed by atoms with E-state index in [0.29, 0.717) is 25.6 Å². The van der Waals surface area contributed by atoms with Crippen molar-refractivity contribution in [2.45, 2.75) is 43.0 Å². The zero-order chi connectivity index (χ0) is 16.1. The van der Waals surface area contributed by atoms with Gasteiger partial charge in [-0.15, -0.1) is 11.8 Å². The minimum Gasteiger partial charge on any atom is -0.355 e. The molecule has 1 heterocycles. The molecule has 0 spiro atoms. The van der Waals surface area contributed by atoms with E-state index >= 15 is 0 Å². The SMILES string of the molecule is O=C(NCCSc1ccccc1)[C@@H]1CC(=O)N(C2CCCC2)C1. The first-order chi connectivity index (χ1) is 11.2. The fourth-order valence-corrected chi connectivity index (χ4v) is 4.27. The number of benzene rings is 1.